The number of nitrogens with one attached hydrogen (secondary N) is 1. The molecule has 0 atom stereocenters. The van der Waals surface area contributed by atoms with Crippen LogP contribution in [0.2, 0.25) is 0 Å². The Balaban J connectivity index is 2.08. The third-order valence-electron chi connectivity index (χ3n) is 4.40. The highest BCUT2D eigenvalue weighted by Crippen LogP contribution is 2.31. The normalized spacial score (nSPS) is 10.8. The van der Waals surface area contributed by atoms with Crippen LogP contribution in [-0.2, 0) is 0 Å². The summed E-state index contributed by atoms with van der Waals surface area (Å²) in [5.41, 5.74) is 4.74. The lowest BCUT2D eigenvalue weighted by Crippen LogP contribution is -2.14. The average Bonchev–Trinajstić information content (AvgIpc) is 3.01. The fourth-order valence-corrected chi connectivity index (χ4v) is 3.26. The Morgan fingerprint density at radius 2 is 1.77 bits per heavy atom. The van der Waals surface area contributed by atoms with Gasteiger partial charge in [-0.15, -0.1) is 0 Å². The molecule has 2 heterocycles. The molecule has 26 heavy (non-hydrogen) atoms. The molecule has 0 bridgehead atoms. The number of aromatic amines is 1. The van der Waals surface area contributed by atoms with Gasteiger partial charge in [-0.1, -0.05) is 71.7 Å². The van der Waals surface area contributed by atoms with Crippen molar-refractivity contribution < 1.29 is 0 Å². The second-order valence-electron chi connectivity index (χ2n) is 6.23. The van der Waals surface area contributed by atoms with Gasteiger partial charge in [0, 0.05) is 5.69 Å². The maximum atomic E-state index is 13.2. The number of aryl methyl sites for hydroxylation is 2. The van der Waals surface area contributed by atoms with E-state index >= 15 is 0 Å². The molecule has 1 N–H and O–H groups in total. The van der Waals surface area contributed by atoms with Gasteiger partial charge >= 0.3 is 0 Å². The lowest BCUT2D eigenvalue weighted by molar-refractivity contribution is 0.903. The number of fused-ring (bicyclic) bond motifs is 1. The van der Waals surface area contributed by atoms with E-state index in [4.69, 9.17) is 6.57 Å². The molecule has 0 aliphatic carbocycles. The lowest BCUT2D eigenvalue weighted by atomic mass is 10.0. The lowest BCUT2D eigenvalue weighted by Gasteiger charge is -2.09. The van der Waals surface area contributed by atoms with Gasteiger partial charge in [-0.05, 0) is 25.0 Å². The van der Waals surface area contributed by atoms with Crippen LogP contribution in [0.5, 0.6) is 0 Å². The molecule has 0 aliphatic rings. The van der Waals surface area contributed by atoms with E-state index in [1.54, 1.807) is 4.52 Å². The van der Waals surface area contributed by atoms with E-state index in [-0.39, 0.29) is 16.9 Å². The Morgan fingerprint density at radius 1 is 1.04 bits per heavy atom. The fraction of sp³-hybridized carbons (Fsp3) is 0.0952. The van der Waals surface area contributed by atoms with Crippen LogP contribution in [-0.4, -0.2) is 14.6 Å². The van der Waals surface area contributed by atoms with Gasteiger partial charge < -0.3 is 4.85 Å². The largest absolute Gasteiger partial charge is 0.359 e. The van der Waals surface area contributed by atoms with Crippen LogP contribution < -0.4 is 5.43 Å². The molecule has 0 saturated heterocycles. The molecule has 0 radical (unpaired) electrons. The topological polar surface area (TPSA) is 54.5 Å². The van der Waals surface area contributed by atoms with Gasteiger partial charge in [-0.3, -0.25) is 9.89 Å². The fourth-order valence-electron chi connectivity index (χ4n) is 3.26. The third-order valence-corrected chi connectivity index (χ3v) is 4.40. The summed E-state index contributed by atoms with van der Waals surface area (Å²) in [6.07, 6.45) is 0. The minimum absolute atomic E-state index is 0.182. The van der Waals surface area contributed by atoms with Gasteiger partial charge in [-0.25, -0.2) is 4.52 Å². The van der Waals surface area contributed by atoms with E-state index in [0.717, 1.165) is 22.4 Å². The van der Waals surface area contributed by atoms with E-state index < -0.39 is 0 Å². The van der Waals surface area contributed by atoms with Crippen LogP contribution in [0.25, 0.3) is 32.9 Å². The van der Waals surface area contributed by atoms with Crippen LogP contribution in [0.3, 0.4) is 0 Å². The average molecular weight is 340 g/mol. The second-order valence-corrected chi connectivity index (χ2v) is 6.23. The number of nitrogens with zero attached hydrogens (tertiary/aromatic N) is 3. The molecule has 5 nitrogen and oxygen atoms in total. The number of aromatic nitrogens is 3. The van der Waals surface area contributed by atoms with Crippen molar-refractivity contribution in [2.45, 2.75) is 13.8 Å². The highest BCUT2D eigenvalue weighted by atomic mass is 16.1. The number of benzene rings is 2. The summed E-state index contributed by atoms with van der Waals surface area (Å²) in [6, 6.07) is 17.3. The summed E-state index contributed by atoms with van der Waals surface area (Å²) in [5.74, 6) is 0.213. The van der Waals surface area contributed by atoms with E-state index in [9.17, 15) is 4.79 Å². The second kappa shape index (κ2) is 6.01. The molecule has 4 aromatic rings. The molecule has 0 saturated carbocycles. The molecule has 2 aromatic carbocycles. The zero-order chi connectivity index (χ0) is 18.3. The summed E-state index contributed by atoms with van der Waals surface area (Å²) in [7, 11) is 0. The molecular formula is C21H16N4O. The monoisotopic (exact) mass is 340 g/mol. The first kappa shape index (κ1) is 15.9. The number of hydrogen-bond acceptors (Lipinski definition) is 2. The van der Waals surface area contributed by atoms with Crippen molar-refractivity contribution in [3.05, 3.63) is 87.5 Å². The molecule has 126 valence electrons. The number of imidazole rings is 1. The summed E-state index contributed by atoms with van der Waals surface area (Å²) >= 11 is 0. The van der Waals surface area contributed by atoms with E-state index in [1.807, 2.05) is 68.4 Å². The van der Waals surface area contributed by atoms with Gasteiger partial charge in [0.15, 0.2) is 0 Å². The van der Waals surface area contributed by atoms with Crippen LogP contribution in [0.4, 0.5) is 5.82 Å². The maximum absolute atomic E-state index is 13.2. The summed E-state index contributed by atoms with van der Waals surface area (Å²) in [5, 5.41) is 3.25. The smallest absolute Gasteiger partial charge is 0.298 e. The van der Waals surface area contributed by atoms with E-state index in [2.05, 4.69) is 14.9 Å². The Labute approximate surface area is 150 Å². The van der Waals surface area contributed by atoms with Crippen molar-refractivity contribution in [2.75, 3.05) is 0 Å². The summed E-state index contributed by atoms with van der Waals surface area (Å²) < 4.78 is 1.62. The van der Waals surface area contributed by atoms with Gasteiger partial charge in [0.05, 0.1) is 5.56 Å². The maximum Gasteiger partial charge on any atom is 0.298 e. The van der Waals surface area contributed by atoms with Crippen molar-refractivity contribution >= 4 is 11.5 Å². The standard InChI is InChI=1S/C21H16N4O/c1-13-8-7-11-16(12-13)17-14(2)24-25-18(15-9-5-4-6-10-15)20(22-3)23-21(25)19(17)26/h4-12,24H,1-2H3. The van der Waals surface area contributed by atoms with Crippen molar-refractivity contribution in [3.63, 3.8) is 0 Å². The van der Waals surface area contributed by atoms with Crippen LogP contribution >= 0.6 is 0 Å². The Hall–Kier alpha value is -3.65. The van der Waals surface area contributed by atoms with Crippen LogP contribution in [0.1, 0.15) is 11.3 Å². The van der Waals surface area contributed by atoms with E-state index in [1.165, 1.54) is 0 Å². The number of H-pyrrole nitrogens is 1. The quantitative estimate of drug-likeness (QED) is 0.545. The van der Waals surface area contributed by atoms with Gasteiger partial charge in [0.2, 0.25) is 0 Å². The first-order valence-corrected chi connectivity index (χ1v) is 8.25. The van der Waals surface area contributed by atoms with Crippen molar-refractivity contribution in [2.24, 2.45) is 0 Å². The summed E-state index contributed by atoms with van der Waals surface area (Å²) in [4.78, 5) is 21.0. The zero-order valence-electron chi connectivity index (χ0n) is 14.4. The molecule has 0 spiro atoms. The molecule has 0 fully saturated rings. The molecule has 0 aliphatic heterocycles. The highest BCUT2D eigenvalue weighted by Gasteiger charge is 2.22. The zero-order valence-corrected chi connectivity index (χ0v) is 14.4. The van der Waals surface area contributed by atoms with Crippen molar-refractivity contribution in [1.82, 2.24) is 14.6 Å². The van der Waals surface area contributed by atoms with Gasteiger partial charge in [0.25, 0.3) is 16.9 Å². The molecule has 4 rings (SSSR count). The molecular weight excluding hydrogens is 324 g/mol. The minimum atomic E-state index is -0.182. The van der Waals surface area contributed by atoms with Crippen molar-refractivity contribution in [1.29, 1.82) is 0 Å². The van der Waals surface area contributed by atoms with E-state index in [0.29, 0.717) is 11.3 Å². The Kier molecular flexibility index (Phi) is 3.67. The molecule has 2 aromatic heterocycles. The minimum Gasteiger partial charge on any atom is -0.359 e. The Morgan fingerprint density at radius 3 is 2.46 bits per heavy atom. The first-order chi connectivity index (χ1) is 12.6. The van der Waals surface area contributed by atoms with Crippen LogP contribution in [0.15, 0.2) is 59.4 Å². The Bertz CT molecular complexity index is 1230. The third kappa shape index (κ3) is 2.40. The first-order valence-electron chi connectivity index (χ1n) is 8.25. The van der Waals surface area contributed by atoms with Crippen molar-refractivity contribution in [3.8, 4) is 22.4 Å². The summed E-state index contributed by atoms with van der Waals surface area (Å²) in [6.45, 7) is 11.3. The van der Waals surface area contributed by atoms with Gasteiger partial charge in [-0.2, -0.15) is 0 Å². The number of hydrogen-bond donors (Lipinski definition) is 1. The predicted octanol–water partition coefficient (Wildman–Crippen LogP) is 4.52. The highest BCUT2D eigenvalue weighted by molar-refractivity contribution is 5.79. The SMILES string of the molecule is [C-]#[N+]c1nc2c(=O)c(-c3cccc(C)c3)c(C)[nH]n2c1-c1ccccc1. The molecule has 0 amide bonds. The van der Waals surface area contributed by atoms with Gasteiger partial charge in [0.1, 0.15) is 5.69 Å². The molecule has 5 heteroatoms. The molecule has 0 unspecified atom stereocenters. The number of rotatable bonds is 2. The van der Waals surface area contributed by atoms with Crippen LogP contribution in [0, 0.1) is 20.4 Å². The predicted molar refractivity (Wildman–Crippen MR) is 102 cm³/mol.